The lowest BCUT2D eigenvalue weighted by Gasteiger charge is -2.09. The van der Waals surface area contributed by atoms with Gasteiger partial charge in [0.25, 0.3) is 0 Å². The van der Waals surface area contributed by atoms with E-state index in [4.69, 9.17) is 12.2 Å². The van der Waals surface area contributed by atoms with E-state index in [1.54, 1.807) is 6.20 Å². The van der Waals surface area contributed by atoms with E-state index in [0.29, 0.717) is 11.5 Å². The number of benzene rings is 1. The fourth-order valence-electron chi connectivity index (χ4n) is 1.83. The van der Waals surface area contributed by atoms with E-state index in [-0.39, 0.29) is 0 Å². The molecule has 0 unspecified atom stereocenters. The maximum atomic E-state index is 5.14. The molecule has 21 heavy (non-hydrogen) atoms. The summed E-state index contributed by atoms with van der Waals surface area (Å²) in [5.74, 6) is 0. The Morgan fingerprint density at radius 3 is 2.57 bits per heavy atom. The first-order valence-electron chi connectivity index (χ1n) is 6.85. The average molecular weight is 298 g/mol. The number of nitrogens with zero attached hydrogens (tertiary/aromatic N) is 2. The molecule has 2 aromatic rings. The van der Waals surface area contributed by atoms with Gasteiger partial charge in [-0.15, -0.1) is 0 Å². The summed E-state index contributed by atoms with van der Waals surface area (Å²) in [6, 6.07) is 16.0. The first-order valence-corrected chi connectivity index (χ1v) is 7.26. The van der Waals surface area contributed by atoms with Crippen molar-refractivity contribution in [1.29, 1.82) is 0 Å². The van der Waals surface area contributed by atoms with Crippen LogP contribution in [-0.4, -0.2) is 22.4 Å². The number of aromatic nitrogens is 1. The third-order valence-electron chi connectivity index (χ3n) is 2.80. The second-order valence-corrected chi connectivity index (χ2v) is 4.82. The van der Waals surface area contributed by atoms with E-state index >= 15 is 0 Å². The summed E-state index contributed by atoms with van der Waals surface area (Å²) in [5.41, 5.74) is 5.74. The fourth-order valence-corrected chi connectivity index (χ4v) is 2.02. The van der Waals surface area contributed by atoms with Crippen molar-refractivity contribution in [2.24, 2.45) is 5.10 Å². The Morgan fingerprint density at radius 2 is 1.90 bits per heavy atom. The lowest BCUT2D eigenvalue weighted by atomic mass is 10.1. The lowest BCUT2D eigenvalue weighted by Crippen LogP contribution is -2.32. The largest absolute Gasteiger partial charge is 0.362 e. The van der Waals surface area contributed by atoms with E-state index in [1.165, 1.54) is 5.56 Å². The smallest absolute Gasteiger partial charge is 0.186 e. The van der Waals surface area contributed by atoms with Gasteiger partial charge in [0.15, 0.2) is 5.11 Å². The van der Waals surface area contributed by atoms with Gasteiger partial charge >= 0.3 is 0 Å². The SMILES string of the molecule is CCNC(=S)N/N=C(/Cc1ccccc1)c1ccccn1. The Labute approximate surface area is 130 Å². The summed E-state index contributed by atoms with van der Waals surface area (Å²) in [7, 11) is 0. The van der Waals surface area contributed by atoms with Crippen LogP contribution < -0.4 is 10.7 Å². The highest BCUT2D eigenvalue weighted by Crippen LogP contribution is 2.06. The van der Waals surface area contributed by atoms with Gasteiger partial charge in [0.05, 0.1) is 11.4 Å². The predicted molar refractivity (Wildman–Crippen MR) is 90.3 cm³/mol. The zero-order valence-electron chi connectivity index (χ0n) is 11.9. The molecule has 0 aliphatic rings. The maximum absolute atomic E-state index is 5.14. The molecule has 0 saturated carbocycles. The normalized spacial score (nSPS) is 11.0. The second-order valence-electron chi connectivity index (χ2n) is 4.41. The highest BCUT2D eigenvalue weighted by molar-refractivity contribution is 7.80. The molecule has 0 bridgehead atoms. The van der Waals surface area contributed by atoms with Crippen LogP contribution in [0.4, 0.5) is 0 Å². The minimum absolute atomic E-state index is 0.513. The molecular weight excluding hydrogens is 280 g/mol. The molecule has 0 aliphatic heterocycles. The van der Waals surface area contributed by atoms with Crippen molar-refractivity contribution in [3.05, 3.63) is 66.0 Å². The zero-order valence-corrected chi connectivity index (χ0v) is 12.7. The number of pyridine rings is 1. The zero-order chi connectivity index (χ0) is 14.9. The summed E-state index contributed by atoms with van der Waals surface area (Å²) < 4.78 is 0. The van der Waals surface area contributed by atoms with Gasteiger partial charge in [0.1, 0.15) is 0 Å². The van der Waals surface area contributed by atoms with E-state index in [1.807, 2.05) is 43.3 Å². The van der Waals surface area contributed by atoms with Gasteiger partial charge in [0.2, 0.25) is 0 Å². The van der Waals surface area contributed by atoms with Crippen LogP contribution in [0.5, 0.6) is 0 Å². The minimum atomic E-state index is 0.513. The molecule has 0 saturated heterocycles. The van der Waals surface area contributed by atoms with Crippen LogP contribution in [0.1, 0.15) is 18.2 Å². The molecule has 0 radical (unpaired) electrons. The molecule has 5 heteroatoms. The summed E-state index contributed by atoms with van der Waals surface area (Å²) in [6.45, 7) is 2.75. The van der Waals surface area contributed by atoms with Crippen LogP contribution in [0.15, 0.2) is 59.8 Å². The van der Waals surface area contributed by atoms with Crippen molar-refractivity contribution in [3.8, 4) is 0 Å². The van der Waals surface area contributed by atoms with Gasteiger partial charge in [-0.05, 0) is 36.8 Å². The molecule has 0 aliphatic carbocycles. The van der Waals surface area contributed by atoms with E-state index in [2.05, 4.69) is 33.0 Å². The number of hydrazone groups is 1. The Morgan fingerprint density at radius 1 is 1.14 bits per heavy atom. The first kappa shape index (κ1) is 15.1. The van der Waals surface area contributed by atoms with Crippen LogP contribution >= 0.6 is 12.2 Å². The lowest BCUT2D eigenvalue weighted by molar-refractivity contribution is 0.897. The molecule has 2 rings (SSSR count). The number of hydrogen-bond acceptors (Lipinski definition) is 3. The maximum Gasteiger partial charge on any atom is 0.186 e. The Hall–Kier alpha value is -2.27. The quantitative estimate of drug-likeness (QED) is 0.506. The van der Waals surface area contributed by atoms with Crippen LogP contribution in [-0.2, 0) is 6.42 Å². The van der Waals surface area contributed by atoms with Gasteiger partial charge in [-0.25, -0.2) is 0 Å². The topological polar surface area (TPSA) is 49.3 Å². The molecule has 0 spiro atoms. The summed E-state index contributed by atoms with van der Waals surface area (Å²) in [5, 5.41) is 7.93. The van der Waals surface area contributed by atoms with Crippen LogP contribution in [0, 0.1) is 0 Å². The van der Waals surface area contributed by atoms with Crippen LogP contribution in [0.25, 0.3) is 0 Å². The van der Waals surface area contributed by atoms with Gasteiger partial charge in [0, 0.05) is 19.2 Å². The van der Waals surface area contributed by atoms with Crippen LogP contribution in [0.3, 0.4) is 0 Å². The molecule has 4 nitrogen and oxygen atoms in total. The molecule has 1 heterocycles. The Kier molecular flexibility index (Phi) is 5.84. The second kappa shape index (κ2) is 8.11. The third kappa shape index (κ3) is 4.96. The van der Waals surface area contributed by atoms with Gasteiger partial charge in [-0.2, -0.15) is 5.10 Å². The van der Waals surface area contributed by atoms with Crippen molar-refractivity contribution in [2.45, 2.75) is 13.3 Å². The number of nitrogens with one attached hydrogen (secondary N) is 2. The number of hydrogen-bond donors (Lipinski definition) is 2. The summed E-state index contributed by atoms with van der Waals surface area (Å²) >= 11 is 5.14. The van der Waals surface area contributed by atoms with E-state index in [9.17, 15) is 0 Å². The van der Waals surface area contributed by atoms with Crippen LogP contribution in [0.2, 0.25) is 0 Å². The monoisotopic (exact) mass is 298 g/mol. The summed E-state index contributed by atoms with van der Waals surface area (Å²) in [4.78, 5) is 4.36. The molecular formula is C16H18N4S. The van der Waals surface area contributed by atoms with Gasteiger partial charge < -0.3 is 5.32 Å². The molecule has 1 aromatic heterocycles. The Balaban J connectivity index is 2.18. The van der Waals surface area contributed by atoms with Crippen molar-refractivity contribution in [2.75, 3.05) is 6.54 Å². The fraction of sp³-hybridized carbons (Fsp3) is 0.188. The van der Waals surface area contributed by atoms with E-state index < -0.39 is 0 Å². The molecule has 0 amide bonds. The molecule has 1 aromatic carbocycles. The highest BCUT2D eigenvalue weighted by atomic mass is 32.1. The standard InChI is InChI=1S/C16H18N4S/c1-2-17-16(21)20-19-15(14-10-6-7-11-18-14)12-13-8-4-3-5-9-13/h3-11H,2,12H2,1H3,(H2,17,20,21)/b19-15-. The number of rotatable bonds is 5. The van der Waals surface area contributed by atoms with Crippen molar-refractivity contribution < 1.29 is 0 Å². The van der Waals surface area contributed by atoms with Gasteiger partial charge in [-0.1, -0.05) is 36.4 Å². The third-order valence-corrected chi connectivity index (χ3v) is 3.04. The van der Waals surface area contributed by atoms with Crippen molar-refractivity contribution in [1.82, 2.24) is 15.7 Å². The van der Waals surface area contributed by atoms with Gasteiger partial charge in [-0.3, -0.25) is 10.4 Å². The number of thiocarbonyl (C=S) groups is 1. The minimum Gasteiger partial charge on any atom is -0.362 e. The van der Waals surface area contributed by atoms with E-state index in [0.717, 1.165) is 18.0 Å². The highest BCUT2D eigenvalue weighted by Gasteiger charge is 2.06. The summed E-state index contributed by atoms with van der Waals surface area (Å²) in [6.07, 6.45) is 2.46. The molecule has 0 atom stereocenters. The average Bonchev–Trinajstić information content (AvgIpc) is 2.53. The molecule has 0 fully saturated rings. The van der Waals surface area contributed by atoms with Crippen molar-refractivity contribution in [3.63, 3.8) is 0 Å². The first-order chi connectivity index (χ1) is 10.3. The predicted octanol–water partition coefficient (Wildman–Crippen LogP) is 2.51. The van der Waals surface area contributed by atoms with Crippen molar-refractivity contribution >= 4 is 23.0 Å². The molecule has 2 N–H and O–H groups in total. The Bertz CT molecular complexity index is 596. The molecule has 108 valence electrons.